The Balaban J connectivity index is 1.15. The highest BCUT2D eigenvalue weighted by Gasteiger charge is 2.41. The van der Waals surface area contributed by atoms with Gasteiger partial charge in [0.25, 0.3) is 5.56 Å². The zero-order chi connectivity index (χ0) is 36.5. The minimum atomic E-state index is -0.815. The normalized spacial score (nSPS) is 16.9. The minimum Gasteiger partial charge on any atom is -0.459 e. The Labute approximate surface area is 304 Å². The number of H-pyrrole nitrogens is 1. The molecule has 1 fully saturated rings. The molecule has 12 heteroatoms. The molecule has 12 nitrogen and oxygen atoms in total. The largest absolute Gasteiger partial charge is 0.459 e. The maximum Gasteiger partial charge on any atom is 0.338 e. The summed E-state index contributed by atoms with van der Waals surface area (Å²) < 4.78 is 19.2. The van der Waals surface area contributed by atoms with Crippen LogP contribution < -0.4 is 10.9 Å². The number of esters is 2. The predicted octanol–water partition coefficient (Wildman–Crippen LogP) is 7.91. The van der Waals surface area contributed by atoms with Gasteiger partial charge in [0.2, 0.25) is 11.9 Å². The van der Waals surface area contributed by atoms with Gasteiger partial charge in [-0.15, -0.1) is 0 Å². The van der Waals surface area contributed by atoms with E-state index in [1.54, 1.807) is 65.2 Å². The zero-order valence-corrected chi connectivity index (χ0v) is 30.1. The Kier molecular flexibility index (Phi) is 15.0. The van der Waals surface area contributed by atoms with E-state index in [0.717, 1.165) is 19.3 Å². The Hall–Kier alpha value is -4.84. The molecule has 0 radical (unpaired) electrons. The van der Waals surface area contributed by atoms with Crippen LogP contribution in [0.25, 0.3) is 11.2 Å². The van der Waals surface area contributed by atoms with E-state index in [1.165, 1.54) is 70.5 Å². The SMILES string of the molecule is CCCCCCCCCCCCCCCC(=O)Nc1nc2c(ncn2[C@@H]2C[C@@H](OC(=O)c3ccccc3)[C@H](COC(=O)c3ccccc3)O2)c(=O)[nH]1. The predicted molar refractivity (Wildman–Crippen MR) is 198 cm³/mol. The Morgan fingerprint density at radius 3 is 2.02 bits per heavy atom. The van der Waals surface area contributed by atoms with Crippen LogP contribution in [0.2, 0.25) is 0 Å². The smallest absolute Gasteiger partial charge is 0.338 e. The van der Waals surface area contributed by atoms with Gasteiger partial charge >= 0.3 is 11.9 Å². The number of hydrogen-bond donors (Lipinski definition) is 2. The van der Waals surface area contributed by atoms with E-state index in [-0.39, 0.29) is 36.0 Å². The van der Waals surface area contributed by atoms with Crippen molar-refractivity contribution in [3.8, 4) is 0 Å². The molecule has 2 N–H and O–H groups in total. The monoisotopic (exact) mass is 713 g/mol. The summed E-state index contributed by atoms with van der Waals surface area (Å²) in [5, 5.41) is 2.72. The molecule has 0 saturated carbocycles. The summed E-state index contributed by atoms with van der Waals surface area (Å²) in [6.07, 6.45) is 15.4. The van der Waals surface area contributed by atoms with E-state index in [4.69, 9.17) is 14.2 Å². The summed E-state index contributed by atoms with van der Waals surface area (Å²) in [6, 6.07) is 17.1. The summed E-state index contributed by atoms with van der Waals surface area (Å²) in [5.74, 6) is -1.31. The number of amides is 1. The molecule has 1 saturated heterocycles. The minimum absolute atomic E-state index is 0.0114. The molecule has 2 aromatic carbocycles. The molecule has 52 heavy (non-hydrogen) atoms. The number of fused-ring (bicyclic) bond motifs is 1. The van der Waals surface area contributed by atoms with Crippen molar-refractivity contribution < 1.29 is 28.6 Å². The summed E-state index contributed by atoms with van der Waals surface area (Å²) in [5.41, 5.74) is 0.488. The second-order valence-electron chi connectivity index (χ2n) is 13.4. The van der Waals surface area contributed by atoms with Crippen molar-refractivity contribution in [1.82, 2.24) is 19.5 Å². The number of nitrogens with zero attached hydrogens (tertiary/aromatic N) is 3. The Morgan fingerprint density at radius 1 is 0.827 bits per heavy atom. The number of hydrogen-bond acceptors (Lipinski definition) is 9. The van der Waals surface area contributed by atoms with Gasteiger partial charge in [-0.1, -0.05) is 120 Å². The first kappa shape index (κ1) is 38.4. The molecule has 0 unspecified atom stereocenters. The van der Waals surface area contributed by atoms with Gasteiger partial charge in [0, 0.05) is 12.8 Å². The number of anilines is 1. The number of ether oxygens (including phenoxy) is 3. The average Bonchev–Trinajstić information content (AvgIpc) is 3.77. The van der Waals surface area contributed by atoms with E-state index in [1.807, 2.05) is 0 Å². The number of carbonyl (C=O) groups excluding carboxylic acids is 3. The van der Waals surface area contributed by atoms with Crippen molar-refractivity contribution in [3.63, 3.8) is 0 Å². The fourth-order valence-corrected chi connectivity index (χ4v) is 6.43. The topological polar surface area (TPSA) is 155 Å². The summed E-state index contributed by atoms with van der Waals surface area (Å²) in [4.78, 5) is 62.8. The van der Waals surface area contributed by atoms with Crippen molar-refractivity contribution in [2.45, 2.75) is 122 Å². The third-order valence-electron chi connectivity index (χ3n) is 9.34. The van der Waals surface area contributed by atoms with Crippen LogP contribution in [-0.2, 0) is 19.0 Å². The van der Waals surface area contributed by atoms with Crippen LogP contribution in [0.3, 0.4) is 0 Å². The van der Waals surface area contributed by atoms with Crippen molar-refractivity contribution in [3.05, 3.63) is 88.5 Å². The fourth-order valence-electron chi connectivity index (χ4n) is 6.43. The second kappa shape index (κ2) is 20.3. The molecule has 0 aliphatic carbocycles. The van der Waals surface area contributed by atoms with E-state index in [2.05, 4.69) is 27.2 Å². The standard InChI is InChI=1S/C40H51N5O7/c1-2-3-4-5-6-7-8-9-10-11-12-13-20-25-33(46)42-40-43-36-35(37(47)44-40)41-28-45(36)34-26-31(52-39(49)30-23-18-15-19-24-30)32(51-34)27-50-38(48)29-21-16-14-17-22-29/h14-19,21-24,28,31-32,34H,2-13,20,25-27H2,1H3,(H2,42,43,44,46,47)/t31-,32+,34+/m1/s1. The lowest BCUT2D eigenvalue weighted by Crippen LogP contribution is -2.32. The average molecular weight is 714 g/mol. The number of unbranched alkanes of at least 4 members (excludes halogenated alkanes) is 12. The lowest BCUT2D eigenvalue weighted by molar-refractivity contribution is -0.116. The highest BCUT2D eigenvalue weighted by atomic mass is 16.6. The van der Waals surface area contributed by atoms with Crippen molar-refractivity contribution in [1.29, 1.82) is 0 Å². The summed E-state index contributed by atoms with van der Waals surface area (Å²) in [6.45, 7) is 2.06. The quantitative estimate of drug-likeness (QED) is 0.0648. The van der Waals surface area contributed by atoms with Gasteiger partial charge in [0.1, 0.15) is 25.0 Å². The highest BCUT2D eigenvalue weighted by molar-refractivity contribution is 5.90. The van der Waals surface area contributed by atoms with Crippen LogP contribution in [0.4, 0.5) is 5.95 Å². The van der Waals surface area contributed by atoms with Crippen LogP contribution in [-0.4, -0.2) is 56.2 Å². The molecule has 278 valence electrons. The van der Waals surface area contributed by atoms with Crippen LogP contribution in [0.5, 0.6) is 0 Å². The van der Waals surface area contributed by atoms with Crippen molar-refractivity contribution >= 4 is 35.0 Å². The molecular formula is C40H51N5O7. The third-order valence-corrected chi connectivity index (χ3v) is 9.34. The maximum absolute atomic E-state index is 13.0. The van der Waals surface area contributed by atoms with Gasteiger partial charge in [0.15, 0.2) is 11.2 Å². The Morgan fingerprint density at radius 2 is 1.40 bits per heavy atom. The molecule has 1 amide bonds. The van der Waals surface area contributed by atoms with E-state index in [9.17, 15) is 19.2 Å². The Bertz CT molecular complexity index is 1780. The number of benzene rings is 2. The van der Waals surface area contributed by atoms with Gasteiger partial charge in [-0.25, -0.2) is 14.6 Å². The molecular weight excluding hydrogens is 662 g/mol. The fraction of sp³-hybridized carbons (Fsp3) is 0.500. The first-order chi connectivity index (χ1) is 25.4. The zero-order valence-electron chi connectivity index (χ0n) is 30.1. The number of carbonyl (C=O) groups is 3. The molecule has 3 heterocycles. The number of nitrogens with one attached hydrogen (secondary N) is 2. The number of aromatic nitrogens is 4. The van der Waals surface area contributed by atoms with Crippen LogP contribution in [0.15, 0.2) is 71.8 Å². The van der Waals surface area contributed by atoms with Gasteiger partial charge in [-0.2, -0.15) is 4.98 Å². The third kappa shape index (κ3) is 11.3. The number of imidazole rings is 1. The first-order valence-corrected chi connectivity index (χ1v) is 18.8. The number of rotatable bonds is 21. The number of aromatic amines is 1. The molecule has 5 rings (SSSR count). The summed E-state index contributed by atoms with van der Waals surface area (Å²) in [7, 11) is 0. The molecule has 1 aliphatic rings. The second-order valence-corrected chi connectivity index (χ2v) is 13.4. The lowest BCUT2D eigenvalue weighted by Gasteiger charge is -2.19. The van der Waals surface area contributed by atoms with Gasteiger partial charge < -0.3 is 14.2 Å². The molecule has 4 aromatic rings. The highest BCUT2D eigenvalue weighted by Crippen LogP contribution is 2.33. The van der Waals surface area contributed by atoms with Gasteiger partial charge in [0.05, 0.1) is 17.5 Å². The molecule has 2 aromatic heterocycles. The van der Waals surface area contributed by atoms with Crippen LogP contribution in [0, 0.1) is 0 Å². The van der Waals surface area contributed by atoms with Crippen molar-refractivity contribution in [2.75, 3.05) is 11.9 Å². The molecule has 3 atom stereocenters. The first-order valence-electron chi connectivity index (χ1n) is 18.8. The van der Waals surface area contributed by atoms with Gasteiger partial charge in [-0.3, -0.25) is 24.5 Å². The lowest BCUT2D eigenvalue weighted by atomic mass is 10.0. The van der Waals surface area contributed by atoms with Gasteiger partial charge in [-0.05, 0) is 30.7 Å². The molecule has 0 bridgehead atoms. The van der Waals surface area contributed by atoms with E-state index >= 15 is 0 Å². The van der Waals surface area contributed by atoms with Crippen molar-refractivity contribution in [2.24, 2.45) is 0 Å². The maximum atomic E-state index is 13.0. The van der Waals surface area contributed by atoms with Crippen LogP contribution >= 0.6 is 0 Å². The summed E-state index contributed by atoms with van der Waals surface area (Å²) >= 11 is 0. The van der Waals surface area contributed by atoms with E-state index < -0.39 is 35.9 Å². The van der Waals surface area contributed by atoms with Crippen LogP contribution in [0.1, 0.15) is 130 Å². The van der Waals surface area contributed by atoms with E-state index in [0.29, 0.717) is 17.5 Å². The molecule has 1 aliphatic heterocycles. The molecule has 0 spiro atoms.